The molecule has 1 saturated heterocycles. The highest BCUT2D eigenvalue weighted by Crippen LogP contribution is 2.47. The van der Waals surface area contributed by atoms with Crippen molar-refractivity contribution < 1.29 is 5.11 Å². The molecule has 2 aliphatic rings. The Morgan fingerprint density at radius 1 is 1.54 bits per heavy atom. The number of aliphatic hydroxyl groups is 1. The highest BCUT2D eigenvalue weighted by atomic mass is 16.3. The van der Waals surface area contributed by atoms with Gasteiger partial charge in [-0.2, -0.15) is 0 Å². The second-order valence-electron chi connectivity index (χ2n) is 4.63. The molecule has 0 aromatic heterocycles. The van der Waals surface area contributed by atoms with E-state index < -0.39 is 0 Å². The third-order valence-electron chi connectivity index (χ3n) is 3.87. The van der Waals surface area contributed by atoms with Crippen LogP contribution < -0.4 is 5.73 Å². The minimum atomic E-state index is 0.245. The number of nitrogens with two attached hydrogens (primary N) is 1. The molecule has 3 N–H and O–H groups in total. The van der Waals surface area contributed by atoms with Gasteiger partial charge in [0.1, 0.15) is 0 Å². The fourth-order valence-electron chi connectivity index (χ4n) is 3.14. The van der Waals surface area contributed by atoms with Crippen molar-refractivity contribution in [3.63, 3.8) is 0 Å². The Labute approximate surface area is 79.9 Å². The molecule has 2 rings (SSSR count). The van der Waals surface area contributed by atoms with E-state index in [1.54, 1.807) is 0 Å². The van der Waals surface area contributed by atoms with E-state index in [0.717, 1.165) is 32.1 Å². The van der Waals surface area contributed by atoms with Crippen molar-refractivity contribution in [1.29, 1.82) is 0 Å². The number of fused-ring (bicyclic) bond motifs is 1. The summed E-state index contributed by atoms with van der Waals surface area (Å²) in [5.41, 5.74) is 5.78. The standard InChI is InChI=1S/C10H20N2O/c11-4-5-12-6-9-2-1-3-10(9,7-12)8-13/h9,13H,1-8,11H2/t9-,10+/m0/s1. The maximum atomic E-state index is 9.46. The predicted molar refractivity (Wildman–Crippen MR) is 52.4 cm³/mol. The van der Waals surface area contributed by atoms with Crippen molar-refractivity contribution in [1.82, 2.24) is 4.90 Å². The van der Waals surface area contributed by atoms with Crippen LogP contribution in [0.2, 0.25) is 0 Å². The highest BCUT2D eigenvalue weighted by Gasteiger charge is 2.48. The molecule has 1 aliphatic carbocycles. The predicted octanol–water partition coefficient (Wildman–Crippen LogP) is 0.0395. The van der Waals surface area contributed by atoms with Crippen LogP contribution >= 0.6 is 0 Å². The van der Waals surface area contributed by atoms with Gasteiger partial charge in [0.05, 0.1) is 6.61 Å². The van der Waals surface area contributed by atoms with Gasteiger partial charge >= 0.3 is 0 Å². The smallest absolute Gasteiger partial charge is 0.0502 e. The van der Waals surface area contributed by atoms with Gasteiger partial charge in [0.15, 0.2) is 0 Å². The molecule has 0 amide bonds. The first kappa shape index (κ1) is 9.44. The van der Waals surface area contributed by atoms with Crippen LogP contribution in [0.3, 0.4) is 0 Å². The zero-order valence-corrected chi connectivity index (χ0v) is 8.21. The van der Waals surface area contributed by atoms with E-state index >= 15 is 0 Å². The lowest BCUT2D eigenvalue weighted by atomic mass is 9.82. The van der Waals surface area contributed by atoms with Crippen LogP contribution in [0.4, 0.5) is 0 Å². The summed E-state index contributed by atoms with van der Waals surface area (Å²) in [6.07, 6.45) is 3.83. The van der Waals surface area contributed by atoms with E-state index in [1.165, 1.54) is 19.3 Å². The molecular formula is C10H20N2O. The molecule has 13 heavy (non-hydrogen) atoms. The molecule has 1 heterocycles. The Kier molecular flexibility index (Phi) is 2.58. The molecule has 1 saturated carbocycles. The molecule has 0 spiro atoms. The minimum absolute atomic E-state index is 0.245. The minimum Gasteiger partial charge on any atom is -0.396 e. The van der Waals surface area contributed by atoms with Gasteiger partial charge in [0, 0.05) is 31.6 Å². The fourth-order valence-corrected chi connectivity index (χ4v) is 3.14. The number of hydrogen-bond acceptors (Lipinski definition) is 3. The number of likely N-dealkylation sites (tertiary alicyclic amines) is 1. The van der Waals surface area contributed by atoms with Crippen molar-refractivity contribution in [2.24, 2.45) is 17.1 Å². The van der Waals surface area contributed by atoms with E-state index in [-0.39, 0.29) is 5.41 Å². The molecule has 0 aromatic rings. The number of hydrogen-bond donors (Lipinski definition) is 2. The van der Waals surface area contributed by atoms with Gasteiger partial charge < -0.3 is 15.7 Å². The van der Waals surface area contributed by atoms with Crippen molar-refractivity contribution >= 4 is 0 Å². The Hall–Kier alpha value is -0.120. The lowest BCUT2D eigenvalue weighted by molar-refractivity contribution is 0.112. The van der Waals surface area contributed by atoms with Gasteiger partial charge in [0.2, 0.25) is 0 Å². The van der Waals surface area contributed by atoms with Crippen molar-refractivity contribution in [2.45, 2.75) is 19.3 Å². The first-order chi connectivity index (χ1) is 6.30. The van der Waals surface area contributed by atoms with Crippen molar-refractivity contribution in [2.75, 3.05) is 32.8 Å². The maximum Gasteiger partial charge on any atom is 0.0502 e. The zero-order valence-electron chi connectivity index (χ0n) is 8.21. The highest BCUT2D eigenvalue weighted by molar-refractivity contribution is 5.00. The van der Waals surface area contributed by atoms with E-state index in [2.05, 4.69) is 4.90 Å². The Bertz CT molecular complexity index is 186. The molecule has 1 aliphatic heterocycles. The number of rotatable bonds is 3. The van der Waals surface area contributed by atoms with Gasteiger partial charge in [-0.15, -0.1) is 0 Å². The Morgan fingerprint density at radius 2 is 2.38 bits per heavy atom. The molecule has 2 fully saturated rings. The van der Waals surface area contributed by atoms with Crippen molar-refractivity contribution in [3.8, 4) is 0 Å². The third kappa shape index (κ3) is 1.49. The lowest BCUT2D eigenvalue weighted by Crippen LogP contribution is -2.32. The Balaban J connectivity index is 2.00. The second kappa shape index (κ2) is 3.56. The molecule has 3 nitrogen and oxygen atoms in total. The molecule has 2 atom stereocenters. The molecule has 0 bridgehead atoms. The molecule has 0 aromatic carbocycles. The fraction of sp³-hybridized carbons (Fsp3) is 1.00. The Morgan fingerprint density at radius 3 is 3.00 bits per heavy atom. The van der Waals surface area contributed by atoms with Crippen LogP contribution in [0.1, 0.15) is 19.3 Å². The average Bonchev–Trinajstić information content (AvgIpc) is 2.61. The number of aliphatic hydroxyl groups excluding tert-OH is 1. The van der Waals surface area contributed by atoms with Crippen molar-refractivity contribution in [3.05, 3.63) is 0 Å². The van der Waals surface area contributed by atoms with E-state index in [4.69, 9.17) is 5.73 Å². The first-order valence-electron chi connectivity index (χ1n) is 5.34. The average molecular weight is 184 g/mol. The lowest BCUT2D eigenvalue weighted by Gasteiger charge is -2.26. The zero-order chi connectivity index (χ0) is 9.31. The maximum absolute atomic E-state index is 9.46. The number of nitrogens with zero attached hydrogens (tertiary/aromatic N) is 1. The molecule has 0 radical (unpaired) electrons. The summed E-state index contributed by atoms with van der Waals surface area (Å²) in [4.78, 5) is 2.42. The summed E-state index contributed by atoms with van der Waals surface area (Å²) >= 11 is 0. The summed E-state index contributed by atoms with van der Waals surface area (Å²) in [5.74, 6) is 0.740. The molecule has 3 heteroatoms. The third-order valence-corrected chi connectivity index (χ3v) is 3.87. The van der Waals surface area contributed by atoms with Gasteiger partial charge in [0.25, 0.3) is 0 Å². The SMILES string of the molecule is NCCN1C[C@@H]2CCC[C@]2(CO)C1. The van der Waals surface area contributed by atoms with Crippen LogP contribution in [0.5, 0.6) is 0 Å². The quantitative estimate of drug-likeness (QED) is 0.651. The monoisotopic (exact) mass is 184 g/mol. The van der Waals surface area contributed by atoms with Crippen LogP contribution in [-0.4, -0.2) is 42.8 Å². The van der Waals surface area contributed by atoms with Gasteiger partial charge in [-0.1, -0.05) is 6.42 Å². The van der Waals surface area contributed by atoms with E-state index in [9.17, 15) is 5.11 Å². The van der Waals surface area contributed by atoms with E-state index in [0.29, 0.717) is 6.61 Å². The molecule has 76 valence electrons. The normalized spacial score (nSPS) is 39.7. The summed E-state index contributed by atoms with van der Waals surface area (Å²) in [6, 6.07) is 0. The van der Waals surface area contributed by atoms with Crippen LogP contribution in [0, 0.1) is 11.3 Å². The summed E-state index contributed by atoms with van der Waals surface area (Å²) < 4.78 is 0. The van der Waals surface area contributed by atoms with Crippen LogP contribution in [0.15, 0.2) is 0 Å². The topological polar surface area (TPSA) is 49.5 Å². The van der Waals surface area contributed by atoms with Crippen LogP contribution in [0.25, 0.3) is 0 Å². The van der Waals surface area contributed by atoms with Gasteiger partial charge in [-0.3, -0.25) is 0 Å². The summed E-state index contributed by atoms with van der Waals surface area (Å²) in [6.45, 7) is 4.36. The first-order valence-corrected chi connectivity index (χ1v) is 5.34. The largest absolute Gasteiger partial charge is 0.396 e. The molecule has 0 unspecified atom stereocenters. The van der Waals surface area contributed by atoms with Gasteiger partial charge in [-0.05, 0) is 18.8 Å². The summed E-state index contributed by atoms with van der Waals surface area (Å²) in [7, 11) is 0. The van der Waals surface area contributed by atoms with E-state index in [1.807, 2.05) is 0 Å². The summed E-state index contributed by atoms with van der Waals surface area (Å²) in [5, 5.41) is 9.46. The second-order valence-corrected chi connectivity index (χ2v) is 4.63. The molecular weight excluding hydrogens is 164 g/mol. The van der Waals surface area contributed by atoms with Gasteiger partial charge in [-0.25, -0.2) is 0 Å². The van der Waals surface area contributed by atoms with Crippen LogP contribution in [-0.2, 0) is 0 Å².